The lowest BCUT2D eigenvalue weighted by molar-refractivity contribution is 0.125. The molecule has 0 unspecified atom stereocenters. The molecular formula is C13H13BrN2O2. The topological polar surface area (TPSA) is 64.3 Å². The molecule has 2 rings (SSSR count). The van der Waals surface area contributed by atoms with Gasteiger partial charge in [-0.25, -0.2) is 4.79 Å². The summed E-state index contributed by atoms with van der Waals surface area (Å²) in [5.41, 5.74) is 0.379. The van der Waals surface area contributed by atoms with Crippen LogP contribution in [0, 0.1) is 11.3 Å². The second-order valence-corrected chi connectivity index (χ2v) is 5.30. The molecule has 5 heteroatoms. The van der Waals surface area contributed by atoms with Gasteiger partial charge in [0.1, 0.15) is 0 Å². The predicted octanol–water partition coefficient (Wildman–Crippen LogP) is 2.98. The fourth-order valence-corrected chi connectivity index (χ4v) is 3.03. The van der Waals surface area contributed by atoms with Gasteiger partial charge in [0.2, 0.25) is 0 Å². The molecule has 0 aliphatic carbocycles. The summed E-state index contributed by atoms with van der Waals surface area (Å²) in [6, 6.07) is 10.0. The Kier molecular flexibility index (Phi) is 3.58. The van der Waals surface area contributed by atoms with E-state index in [4.69, 9.17) is 5.11 Å². The lowest BCUT2D eigenvalue weighted by Crippen LogP contribution is -2.44. The van der Waals surface area contributed by atoms with Crippen LogP contribution < -0.4 is 0 Å². The van der Waals surface area contributed by atoms with Crippen molar-refractivity contribution in [2.24, 2.45) is 0 Å². The maximum Gasteiger partial charge on any atom is 0.407 e. The quantitative estimate of drug-likeness (QED) is 0.867. The molecule has 4 nitrogen and oxygen atoms in total. The molecule has 0 spiro atoms. The van der Waals surface area contributed by atoms with Crippen molar-refractivity contribution in [3.05, 3.63) is 34.3 Å². The van der Waals surface area contributed by atoms with Crippen molar-refractivity contribution in [1.82, 2.24) is 4.90 Å². The fraction of sp³-hybridized carbons (Fsp3) is 0.385. The third-order valence-electron chi connectivity index (χ3n) is 3.49. The Labute approximate surface area is 114 Å². The Hall–Kier alpha value is -1.54. The zero-order valence-electron chi connectivity index (χ0n) is 9.77. The molecule has 0 bridgehead atoms. The summed E-state index contributed by atoms with van der Waals surface area (Å²) in [7, 11) is 0. The second kappa shape index (κ2) is 4.99. The Balaban J connectivity index is 2.28. The number of nitrogens with zero attached hydrogens (tertiary/aromatic N) is 2. The van der Waals surface area contributed by atoms with Crippen molar-refractivity contribution in [2.45, 2.75) is 18.3 Å². The maximum atomic E-state index is 10.9. The van der Waals surface area contributed by atoms with Gasteiger partial charge in [0, 0.05) is 17.6 Å². The van der Waals surface area contributed by atoms with Crippen LogP contribution in [0.25, 0.3) is 0 Å². The van der Waals surface area contributed by atoms with Gasteiger partial charge < -0.3 is 10.0 Å². The van der Waals surface area contributed by atoms with Crippen molar-refractivity contribution in [3.8, 4) is 6.07 Å². The average molecular weight is 309 g/mol. The van der Waals surface area contributed by atoms with Gasteiger partial charge in [-0.2, -0.15) is 5.26 Å². The maximum absolute atomic E-state index is 10.9. The first-order valence-electron chi connectivity index (χ1n) is 5.73. The molecule has 94 valence electrons. The number of rotatable bonds is 1. The Morgan fingerprint density at radius 1 is 1.39 bits per heavy atom. The zero-order valence-corrected chi connectivity index (χ0v) is 11.4. The SMILES string of the molecule is N#CC1(c2ccccc2Br)CCN(C(=O)O)CC1. The number of carboxylic acid groups (broad SMARTS) is 1. The van der Waals surface area contributed by atoms with Gasteiger partial charge in [0.25, 0.3) is 0 Å². The van der Waals surface area contributed by atoms with Crippen LogP contribution in [-0.2, 0) is 5.41 Å². The van der Waals surface area contributed by atoms with Gasteiger partial charge in [0.15, 0.2) is 0 Å². The molecule has 1 heterocycles. The van der Waals surface area contributed by atoms with Gasteiger partial charge in [-0.1, -0.05) is 34.1 Å². The lowest BCUT2D eigenvalue weighted by Gasteiger charge is -2.36. The molecular weight excluding hydrogens is 296 g/mol. The minimum atomic E-state index is -0.909. The van der Waals surface area contributed by atoms with E-state index in [1.807, 2.05) is 24.3 Å². The second-order valence-electron chi connectivity index (χ2n) is 4.44. The first kappa shape index (κ1) is 12.9. The molecule has 1 aliphatic heterocycles. The monoisotopic (exact) mass is 308 g/mol. The number of benzene rings is 1. The number of hydrogen-bond donors (Lipinski definition) is 1. The molecule has 1 saturated heterocycles. The van der Waals surface area contributed by atoms with E-state index in [1.165, 1.54) is 4.90 Å². The minimum absolute atomic E-state index is 0.407. The molecule has 1 N–H and O–H groups in total. The largest absolute Gasteiger partial charge is 0.465 e. The number of nitriles is 1. The van der Waals surface area contributed by atoms with Crippen molar-refractivity contribution in [2.75, 3.05) is 13.1 Å². The molecule has 0 atom stereocenters. The zero-order chi connectivity index (χ0) is 13.2. The molecule has 1 aromatic carbocycles. The first-order chi connectivity index (χ1) is 8.59. The number of piperidine rings is 1. The Bertz CT molecular complexity index is 502. The van der Waals surface area contributed by atoms with E-state index in [0.29, 0.717) is 25.9 Å². The average Bonchev–Trinajstić information content (AvgIpc) is 2.39. The first-order valence-corrected chi connectivity index (χ1v) is 6.52. The number of likely N-dealkylation sites (tertiary alicyclic amines) is 1. The van der Waals surface area contributed by atoms with E-state index in [1.54, 1.807) is 0 Å². The van der Waals surface area contributed by atoms with E-state index >= 15 is 0 Å². The van der Waals surface area contributed by atoms with Crippen LogP contribution in [0.1, 0.15) is 18.4 Å². The van der Waals surface area contributed by atoms with E-state index in [0.717, 1.165) is 10.0 Å². The normalized spacial score (nSPS) is 18.1. The van der Waals surface area contributed by atoms with Crippen LogP contribution in [0.4, 0.5) is 4.79 Å². The lowest BCUT2D eigenvalue weighted by atomic mass is 9.74. The van der Waals surface area contributed by atoms with Crippen molar-refractivity contribution < 1.29 is 9.90 Å². The van der Waals surface area contributed by atoms with Crippen LogP contribution in [-0.4, -0.2) is 29.2 Å². The van der Waals surface area contributed by atoms with Crippen LogP contribution >= 0.6 is 15.9 Å². The third kappa shape index (κ3) is 2.21. The van der Waals surface area contributed by atoms with Gasteiger partial charge in [0.05, 0.1) is 11.5 Å². The minimum Gasteiger partial charge on any atom is -0.465 e. The Morgan fingerprint density at radius 3 is 2.50 bits per heavy atom. The third-order valence-corrected chi connectivity index (χ3v) is 4.18. The van der Waals surface area contributed by atoms with Gasteiger partial charge >= 0.3 is 6.09 Å². The van der Waals surface area contributed by atoms with Crippen molar-refractivity contribution >= 4 is 22.0 Å². The molecule has 0 aromatic heterocycles. The number of carbonyl (C=O) groups is 1. The van der Waals surface area contributed by atoms with E-state index in [9.17, 15) is 10.1 Å². The van der Waals surface area contributed by atoms with Crippen molar-refractivity contribution in [3.63, 3.8) is 0 Å². The summed E-state index contributed by atoms with van der Waals surface area (Å²) in [5.74, 6) is 0. The van der Waals surface area contributed by atoms with Crippen LogP contribution in [0.5, 0.6) is 0 Å². The molecule has 18 heavy (non-hydrogen) atoms. The summed E-state index contributed by atoms with van der Waals surface area (Å²) in [6.45, 7) is 0.814. The van der Waals surface area contributed by atoms with E-state index in [-0.39, 0.29) is 0 Å². The summed E-state index contributed by atoms with van der Waals surface area (Å²) in [4.78, 5) is 12.3. The Morgan fingerprint density at radius 2 is 2.00 bits per heavy atom. The van der Waals surface area contributed by atoms with Crippen LogP contribution in [0.15, 0.2) is 28.7 Å². The fourth-order valence-electron chi connectivity index (χ4n) is 2.37. The highest BCUT2D eigenvalue weighted by molar-refractivity contribution is 9.10. The molecule has 1 amide bonds. The molecule has 1 aliphatic rings. The molecule has 1 aromatic rings. The summed E-state index contributed by atoms with van der Waals surface area (Å²) >= 11 is 3.47. The van der Waals surface area contributed by atoms with Gasteiger partial charge in [-0.3, -0.25) is 0 Å². The predicted molar refractivity (Wildman–Crippen MR) is 70.3 cm³/mol. The van der Waals surface area contributed by atoms with Crippen LogP contribution in [0.3, 0.4) is 0 Å². The van der Waals surface area contributed by atoms with Crippen LogP contribution in [0.2, 0.25) is 0 Å². The van der Waals surface area contributed by atoms with Crippen molar-refractivity contribution in [1.29, 1.82) is 5.26 Å². The summed E-state index contributed by atoms with van der Waals surface area (Å²) < 4.78 is 0.912. The van der Waals surface area contributed by atoms with Gasteiger partial charge in [-0.15, -0.1) is 0 Å². The highest BCUT2D eigenvalue weighted by Crippen LogP contribution is 2.38. The summed E-state index contributed by atoms with van der Waals surface area (Å²) in [5, 5.41) is 18.4. The highest BCUT2D eigenvalue weighted by Gasteiger charge is 2.38. The van der Waals surface area contributed by atoms with Gasteiger partial charge in [-0.05, 0) is 24.5 Å². The standard InChI is InChI=1S/C13H13BrN2O2/c14-11-4-2-1-3-10(11)13(9-15)5-7-16(8-6-13)12(17)18/h1-4H,5-8H2,(H,17,18). The summed E-state index contributed by atoms with van der Waals surface area (Å²) in [6.07, 6.45) is 0.172. The van der Waals surface area contributed by atoms with E-state index in [2.05, 4.69) is 22.0 Å². The molecule has 0 saturated carbocycles. The number of amides is 1. The molecule has 1 fully saturated rings. The smallest absolute Gasteiger partial charge is 0.407 e. The van der Waals surface area contributed by atoms with E-state index < -0.39 is 11.5 Å². The number of hydrogen-bond acceptors (Lipinski definition) is 2. The number of halogens is 1. The molecule has 0 radical (unpaired) electrons. The highest BCUT2D eigenvalue weighted by atomic mass is 79.9.